The van der Waals surface area contributed by atoms with Crippen molar-refractivity contribution in [2.24, 2.45) is 0 Å². The first kappa shape index (κ1) is 22.7. The summed E-state index contributed by atoms with van der Waals surface area (Å²) >= 11 is 0. The molecule has 1 aliphatic heterocycles. The molecule has 0 bridgehead atoms. The van der Waals surface area contributed by atoms with Crippen molar-refractivity contribution in [3.05, 3.63) is 59.3 Å². The summed E-state index contributed by atoms with van der Waals surface area (Å²) in [6.45, 7) is 1.39. The van der Waals surface area contributed by atoms with Crippen molar-refractivity contribution in [2.45, 2.75) is 31.7 Å². The van der Waals surface area contributed by atoms with Crippen LogP contribution in [0.4, 0.5) is 0 Å². The zero-order valence-corrected chi connectivity index (χ0v) is 19.9. The standard InChI is InChI=1S/C25H32N2O4S/c1-30-24-15-18-11-12-27(13-14-32(3,28)29)23(21(18)16-25(24)31-2)10-6-7-19-17-26-22-9-5-4-8-20(19)22/h4-5,8-9,15-17,23,26H,6-7,10-14H2,1-3H3/t23-/m0/s1. The van der Waals surface area contributed by atoms with Crippen LogP contribution in [0.3, 0.4) is 0 Å². The number of methoxy groups -OCH3 is 2. The number of rotatable bonds is 9. The van der Waals surface area contributed by atoms with Gasteiger partial charge in [0.15, 0.2) is 11.5 Å². The van der Waals surface area contributed by atoms with Gasteiger partial charge in [-0.3, -0.25) is 4.90 Å². The first-order chi connectivity index (χ1) is 15.4. The molecule has 7 heteroatoms. The zero-order chi connectivity index (χ0) is 22.7. The van der Waals surface area contributed by atoms with Crippen LogP contribution < -0.4 is 9.47 Å². The normalized spacial score (nSPS) is 16.8. The Kier molecular flexibility index (Phi) is 6.76. The summed E-state index contributed by atoms with van der Waals surface area (Å²) in [4.78, 5) is 5.68. The van der Waals surface area contributed by atoms with Gasteiger partial charge in [0, 0.05) is 42.5 Å². The zero-order valence-electron chi connectivity index (χ0n) is 19.1. The number of para-hydroxylation sites is 1. The Morgan fingerprint density at radius 2 is 1.88 bits per heavy atom. The van der Waals surface area contributed by atoms with Crippen LogP contribution in [0.1, 0.15) is 35.6 Å². The Bertz CT molecular complexity index is 1190. The Morgan fingerprint density at radius 1 is 1.12 bits per heavy atom. The molecule has 3 aromatic rings. The number of sulfone groups is 1. The number of fused-ring (bicyclic) bond motifs is 2. The molecular weight excluding hydrogens is 424 g/mol. The number of ether oxygens (including phenoxy) is 2. The number of hydrogen-bond acceptors (Lipinski definition) is 5. The van der Waals surface area contributed by atoms with E-state index in [9.17, 15) is 8.42 Å². The van der Waals surface area contributed by atoms with Crippen LogP contribution >= 0.6 is 0 Å². The minimum absolute atomic E-state index is 0.158. The van der Waals surface area contributed by atoms with Crippen molar-refractivity contribution in [3.8, 4) is 11.5 Å². The molecule has 1 aromatic heterocycles. The molecule has 0 saturated carbocycles. The van der Waals surface area contributed by atoms with Crippen LogP contribution in [0.2, 0.25) is 0 Å². The molecule has 4 rings (SSSR count). The lowest BCUT2D eigenvalue weighted by Crippen LogP contribution is -2.38. The lowest BCUT2D eigenvalue weighted by molar-refractivity contribution is 0.183. The van der Waals surface area contributed by atoms with E-state index < -0.39 is 9.84 Å². The third-order valence-electron chi connectivity index (χ3n) is 6.46. The molecule has 1 N–H and O–H groups in total. The van der Waals surface area contributed by atoms with Gasteiger partial charge < -0.3 is 14.5 Å². The van der Waals surface area contributed by atoms with Gasteiger partial charge in [-0.25, -0.2) is 8.42 Å². The van der Waals surface area contributed by atoms with E-state index in [0.29, 0.717) is 6.54 Å². The second-order valence-electron chi connectivity index (χ2n) is 8.59. The lowest BCUT2D eigenvalue weighted by atomic mass is 9.88. The second kappa shape index (κ2) is 9.55. The highest BCUT2D eigenvalue weighted by Gasteiger charge is 2.29. The van der Waals surface area contributed by atoms with Gasteiger partial charge in [-0.2, -0.15) is 0 Å². The first-order valence-corrected chi connectivity index (χ1v) is 13.2. The molecule has 32 heavy (non-hydrogen) atoms. The van der Waals surface area contributed by atoms with Crippen LogP contribution in [0, 0.1) is 0 Å². The minimum Gasteiger partial charge on any atom is -0.493 e. The maximum atomic E-state index is 11.8. The van der Waals surface area contributed by atoms with Crippen molar-refractivity contribution in [2.75, 3.05) is 39.3 Å². The van der Waals surface area contributed by atoms with Gasteiger partial charge in [-0.05, 0) is 60.6 Å². The Labute approximate surface area is 190 Å². The summed E-state index contributed by atoms with van der Waals surface area (Å²) in [5.74, 6) is 1.64. The highest BCUT2D eigenvalue weighted by Crippen LogP contribution is 2.40. The second-order valence-corrected chi connectivity index (χ2v) is 10.8. The number of hydrogen-bond donors (Lipinski definition) is 1. The Hall–Kier alpha value is -2.51. The average molecular weight is 457 g/mol. The van der Waals surface area contributed by atoms with Gasteiger partial charge in [0.1, 0.15) is 9.84 Å². The number of aromatic amines is 1. The van der Waals surface area contributed by atoms with Gasteiger partial charge >= 0.3 is 0 Å². The molecule has 0 radical (unpaired) electrons. The summed E-state index contributed by atoms with van der Waals surface area (Å²) < 4.78 is 34.7. The van der Waals surface area contributed by atoms with Gasteiger partial charge in [0.2, 0.25) is 0 Å². The molecule has 0 aliphatic carbocycles. The number of nitrogens with one attached hydrogen (secondary N) is 1. The largest absolute Gasteiger partial charge is 0.493 e. The molecule has 172 valence electrons. The van der Waals surface area contributed by atoms with E-state index in [1.54, 1.807) is 14.2 Å². The van der Waals surface area contributed by atoms with Crippen molar-refractivity contribution >= 4 is 20.7 Å². The van der Waals surface area contributed by atoms with E-state index >= 15 is 0 Å². The number of H-pyrrole nitrogens is 1. The fourth-order valence-electron chi connectivity index (χ4n) is 4.79. The summed E-state index contributed by atoms with van der Waals surface area (Å²) in [6.07, 6.45) is 7.22. The van der Waals surface area contributed by atoms with Crippen molar-refractivity contribution < 1.29 is 17.9 Å². The third kappa shape index (κ3) is 4.94. The van der Waals surface area contributed by atoms with E-state index in [0.717, 1.165) is 49.2 Å². The number of nitrogens with zero attached hydrogens (tertiary/aromatic N) is 1. The van der Waals surface area contributed by atoms with Crippen LogP contribution in [0.25, 0.3) is 10.9 Å². The molecule has 2 heterocycles. The molecule has 0 unspecified atom stereocenters. The molecule has 0 spiro atoms. The predicted octanol–water partition coefficient (Wildman–Crippen LogP) is 4.15. The van der Waals surface area contributed by atoms with E-state index in [1.165, 1.54) is 28.3 Å². The van der Waals surface area contributed by atoms with Crippen LogP contribution in [0.5, 0.6) is 11.5 Å². The molecule has 0 amide bonds. The lowest BCUT2D eigenvalue weighted by Gasteiger charge is -2.38. The van der Waals surface area contributed by atoms with E-state index in [2.05, 4.69) is 46.4 Å². The molecule has 0 saturated heterocycles. The van der Waals surface area contributed by atoms with Crippen molar-refractivity contribution in [1.29, 1.82) is 0 Å². The van der Waals surface area contributed by atoms with E-state index in [4.69, 9.17) is 9.47 Å². The Balaban J connectivity index is 1.57. The molecule has 1 aliphatic rings. The molecular formula is C25H32N2O4S. The maximum Gasteiger partial charge on any atom is 0.161 e. The van der Waals surface area contributed by atoms with Crippen molar-refractivity contribution in [1.82, 2.24) is 9.88 Å². The van der Waals surface area contributed by atoms with E-state index in [1.807, 2.05) is 6.07 Å². The quantitative estimate of drug-likeness (QED) is 0.524. The van der Waals surface area contributed by atoms with E-state index in [-0.39, 0.29) is 11.8 Å². The topological polar surface area (TPSA) is 71.6 Å². The van der Waals surface area contributed by atoms with Gasteiger partial charge in [0.25, 0.3) is 0 Å². The Morgan fingerprint density at radius 3 is 2.62 bits per heavy atom. The fraction of sp³-hybridized carbons (Fsp3) is 0.440. The monoisotopic (exact) mass is 456 g/mol. The highest BCUT2D eigenvalue weighted by atomic mass is 32.2. The summed E-state index contributed by atoms with van der Waals surface area (Å²) in [5.41, 5.74) is 4.97. The van der Waals surface area contributed by atoms with Crippen LogP contribution in [0.15, 0.2) is 42.6 Å². The van der Waals surface area contributed by atoms with Gasteiger partial charge in [-0.1, -0.05) is 18.2 Å². The summed E-state index contributed by atoms with van der Waals surface area (Å²) in [5, 5.41) is 1.27. The van der Waals surface area contributed by atoms with Crippen molar-refractivity contribution in [3.63, 3.8) is 0 Å². The molecule has 1 atom stereocenters. The van der Waals surface area contributed by atoms with Gasteiger partial charge in [-0.15, -0.1) is 0 Å². The molecule has 0 fully saturated rings. The predicted molar refractivity (Wildman–Crippen MR) is 129 cm³/mol. The average Bonchev–Trinajstić information content (AvgIpc) is 3.19. The molecule has 2 aromatic carbocycles. The highest BCUT2D eigenvalue weighted by molar-refractivity contribution is 7.90. The first-order valence-electron chi connectivity index (χ1n) is 11.1. The summed E-state index contributed by atoms with van der Waals surface area (Å²) in [7, 11) is 0.292. The maximum absolute atomic E-state index is 11.8. The smallest absolute Gasteiger partial charge is 0.161 e. The minimum atomic E-state index is -3.02. The third-order valence-corrected chi connectivity index (χ3v) is 7.39. The molecule has 6 nitrogen and oxygen atoms in total. The number of benzene rings is 2. The number of aromatic nitrogens is 1. The van der Waals surface area contributed by atoms with Crippen LogP contribution in [-0.4, -0.2) is 57.6 Å². The van der Waals surface area contributed by atoms with Crippen LogP contribution in [-0.2, 0) is 22.7 Å². The SMILES string of the molecule is COc1cc2c(cc1OC)[C@H](CCCc1c[nH]c3ccccc13)N(CCS(C)(=O)=O)CC2. The number of aryl methyl sites for hydroxylation is 1. The van der Waals surface area contributed by atoms with Gasteiger partial charge in [0.05, 0.1) is 20.0 Å². The fourth-order valence-corrected chi connectivity index (χ4v) is 5.36. The summed E-state index contributed by atoms with van der Waals surface area (Å²) in [6, 6.07) is 12.7.